The van der Waals surface area contributed by atoms with Gasteiger partial charge in [0.15, 0.2) is 17.2 Å². The van der Waals surface area contributed by atoms with Gasteiger partial charge in [-0.15, -0.1) is 22.7 Å². The fraction of sp³-hybridized carbons (Fsp3) is 0.545. The maximum Gasteiger partial charge on any atom is 0.357 e. The molecule has 33 heavy (non-hydrogen) atoms. The summed E-state index contributed by atoms with van der Waals surface area (Å²) >= 11 is 2.66. The molecule has 1 saturated heterocycles. The van der Waals surface area contributed by atoms with Gasteiger partial charge < -0.3 is 15.2 Å². The molecule has 1 aliphatic carbocycles. The third-order valence-corrected chi connectivity index (χ3v) is 7.86. The van der Waals surface area contributed by atoms with Gasteiger partial charge in [-0.1, -0.05) is 38.2 Å². The number of esters is 1. The highest BCUT2D eigenvalue weighted by atomic mass is 32.1. The van der Waals surface area contributed by atoms with Crippen molar-refractivity contribution >= 4 is 45.6 Å². The molecule has 11 heteroatoms. The Morgan fingerprint density at radius 3 is 2.82 bits per heavy atom. The second kappa shape index (κ2) is 10.7. The van der Waals surface area contributed by atoms with Gasteiger partial charge in [-0.05, 0) is 23.8 Å². The van der Waals surface area contributed by atoms with Gasteiger partial charge >= 0.3 is 5.97 Å². The Morgan fingerprint density at radius 1 is 1.33 bits per heavy atom. The first kappa shape index (κ1) is 23.8. The number of aromatic nitrogens is 1. The molecule has 3 atom stereocenters. The number of aliphatic hydroxyl groups is 1. The molecule has 2 fully saturated rings. The van der Waals surface area contributed by atoms with E-state index in [0.29, 0.717) is 18.8 Å². The van der Waals surface area contributed by atoms with Gasteiger partial charge in [0.05, 0.1) is 13.2 Å². The van der Waals surface area contributed by atoms with E-state index in [0.717, 1.165) is 41.9 Å². The Labute approximate surface area is 200 Å². The molecule has 1 saturated carbocycles. The summed E-state index contributed by atoms with van der Waals surface area (Å²) in [5.74, 6) is -0.998. The zero-order valence-corrected chi connectivity index (χ0v) is 20.0. The molecular weight excluding hydrogens is 464 g/mol. The number of aliphatic hydroxyl groups excluding tert-OH is 1. The van der Waals surface area contributed by atoms with Gasteiger partial charge in [0.1, 0.15) is 6.04 Å². The van der Waals surface area contributed by atoms with Crippen LogP contribution in [0.15, 0.2) is 22.9 Å². The predicted octanol–water partition coefficient (Wildman–Crippen LogP) is 2.59. The van der Waals surface area contributed by atoms with Crippen LogP contribution in [0.3, 0.4) is 0 Å². The molecule has 3 heterocycles. The summed E-state index contributed by atoms with van der Waals surface area (Å²) in [6, 6.07) is 2.43. The third kappa shape index (κ3) is 5.60. The standard InChI is InChI=1S/C22H28N4O5S2/c1-31-20(29)16-12-33-21(23-16)25-18(27)17(10-13-6-3-2-4-7-13)26-19(28)15(24-22(26)30)11-14-8-5-9-32-14/h5,8-9,12-13,15,17,22,24,30H,2-4,6-7,10-11H2,1H3,(H,23,25,27)/t15-,17-,22?/m0/s1. The van der Waals surface area contributed by atoms with Gasteiger partial charge in [-0.25, -0.2) is 9.78 Å². The molecule has 178 valence electrons. The van der Waals surface area contributed by atoms with Crippen molar-refractivity contribution in [1.29, 1.82) is 0 Å². The largest absolute Gasteiger partial charge is 0.464 e. The summed E-state index contributed by atoms with van der Waals surface area (Å²) < 4.78 is 4.67. The number of nitrogens with zero attached hydrogens (tertiary/aromatic N) is 2. The first-order chi connectivity index (χ1) is 16.0. The first-order valence-corrected chi connectivity index (χ1v) is 12.9. The number of anilines is 1. The lowest BCUT2D eigenvalue weighted by molar-refractivity contribution is -0.144. The van der Waals surface area contributed by atoms with Crippen LogP contribution in [0.4, 0.5) is 5.13 Å². The fourth-order valence-electron chi connectivity index (χ4n) is 4.54. The molecule has 2 aromatic rings. The number of rotatable bonds is 8. The zero-order valence-electron chi connectivity index (χ0n) is 18.4. The quantitative estimate of drug-likeness (QED) is 0.484. The molecule has 9 nitrogen and oxygen atoms in total. The monoisotopic (exact) mass is 492 g/mol. The van der Waals surface area contributed by atoms with Gasteiger partial charge in [-0.2, -0.15) is 0 Å². The van der Waals surface area contributed by atoms with E-state index in [2.05, 4.69) is 20.4 Å². The van der Waals surface area contributed by atoms with E-state index >= 15 is 0 Å². The molecule has 4 rings (SSSR count). The molecule has 2 aromatic heterocycles. The SMILES string of the molecule is COC(=O)c1csc(NC(=O)[C@H](CC2CCCCC2)N2C(=O)[C@H](Cc3cccs3)NC2O)n1. The van der Waals surface area contributed by atoms with Crippen LogP contribution in [0.1, 0.15) is 53.9 Å². The van der Waals surface area contributed by atoms with Gasteiger partial charge in [0, 0.05) is 16.7 Å². The Morgan fingerprint density at radius 2 is 2.12 bits per heavy atom. The molecule has 1 unspecified atom stereocenters. The van der Waals surface area contributed by atoms with Crippen LogP contribution in [0, 0.1) is 5.92 Å². The maximum atomic E-state index is 13.3. The van der Waals surface area contributed by atoms with Gasteiger partial charge in [0.2, 0.25) is 11.8 Å². The highest BCUT2D eigenvalue weighted by Gasteiger charge is 2.45. The number of hydrogen-bond donors (Lipinski definition) is 3. The molecule has 3 N–H and O–H groups in total. The van der Waals surface area contributed by atoms with E-state index in [1.54, 1.807) is 11.3 Å². The predicted molar refractivity (Wildman–Crippen MR) is 125 cm³/mol. The lowest BCUT2D eigenvalue weighted by Crippen LogP contribution is -2.51. The van der Waals surface area contributed by atoms with E-state index in [9.17, 15) is 19.5 Å². The minimum Gasteiger partial charge on any atom is -0.464 e. The molecule has 2 amide bonds. The molecule has 0 spiro atoms. The summed E-state index contributed by atoms with van der Waals surface area (Å²) in [6.07, 6.45) is 5.05. The van der Waals surface area contributed by atoms with Crippen LogP contribution in [0.25, 0.3) is 0 Å². The number of ether oxygens (including phenoxy) is 1. The summed E-state index contributed by atoms with van der Waals surface area (Å²) in [5.41, 5.74) is 0.108. The lowest BCUT2D eigenvalue weighted by Gasteiger charge is -2.32. The van der Waals surface area contributed by atoms with Crippen molar-refractivity contribution in [1.82, 2.24) is 15.2 Å². The molecule has 1 aliphatic heterocycles. The summed E-state index contributed by atoms with van der Waals surface area (Å²) in [4.78, 5) is 44.7. The van der Waals surface area contributed by atoms with E-state index < -0.39 is 30.3 Å². The number of carbonyl (C=O) groups is 3. The minimum atomic E-state index is -1.25. The van der Waals surface area contributed by atoms with Crippen LogP contribution < -0.4 is 10.6 Å². The molecule has 0 aromatic carbocycles. The molecular formula is C22H28N4O5S2. The smallest absolute Gasteiger partial charge is 0.357 e. The number of thiazole rings is 1. The normalized spacial score (nSPS) is 22.4. The van der Waals surface area contributed by atoms with E-state index in [4.69, 9.17) is 0 Å². The number of nitrogens with one attached hydrogen (secondary N) is 2. The van der Waals surface area contributed by atoms with Crippen LogP contribution in [-0.4, -0.2) is 58.3 Å². The van der Waals surface area contributed by atoms with Crippen LogP contribution >= 0.6 is 22.7 Å². The van der Waals surface area contributed by atoms with Crippen molar-refractivity contribution in [2.75, 3.05) is 12.4 Å². The van der Waals surface area contributed by atoms with E-state index in [1.165, 1.54) is 23.8 Å². The highest BCUT2D eigenvalue weighted by molar-refractivity contribution is 7.14. The Kier molecular flexibility index (Phi) is 7.74. The number of amides is 2. The Bertz CT molecular complexity index is 973. The van der Waals surface area contributed by atoms with Crippen molar-refractivity contribution < 1.29 is 24.2 Å². The fourth-order valence-corrected chi connectivity index (χ4v) is 5.97. The highest BCUT2D eigenvalue weighted by Crippen LogP contribution is 2.31. The minimum absolute atomic E-state index is 0.108. The number of hydrogen-bond acceptors (Lipinski definition) is 9. The number of methoxy groups -OCH3 is 1. The third-order valence-electron chi connectivity index (χ3n) is 6.20. The Balaban J connectivity index is 1.52. The van der Waals surface area contributed by atoms with Crippen molar-refractivity contribution in [2.24, 2.45) is 5.92 Å². The summed E-state index contributed by atoms with van der Waals surface area (Å²) in [6.45, 7) is 0. The number of thiophene rings is 1. The maximum absolute atomic E-state index is 13.3. The van der Waals surface area contributed by atoms with Crippen molar-refractivity contribution in [3.8, 4) is 0 Å². The van der Waals surface area contributed by atoms with E-state index in [-0.39, 0.29) is 16.7 Å². The van der Waals surface area contributed by atoms with Crippen LogP contribution in [0.2, 0.25) is 0 Å². The Hall–Kier alpha value is -2.34. The first-order valence-electron chi connectivity index (χ1n) is 11.1. The zero-order chi connectivity index (χ0) is 23.4. The van der Waals surface area contributed by atoms with Crippen molar-refractivity contribution in [3.63, 3.8) is 0 Å². The molecule has 0 radical (unpaired) electrons. The summed E-state index contributed by atoms with van der Waals surface area (Å²) in [5, 5.41) is 20.1. The van der Waals surface area contributed by atoms with Crippen LogP contribution in [-0.2, 0) is 20.7 Å². The van der Waals surface area contributed by atoms with Gasteiger partial charge in [0.25, 0.3) is 0 Å². The molecule has 0 bridgehead atoms. The summed E-state index contributed by atoms with van der Waals surface area (Å²) in [7, 11) is 1.26. The second-order valence-corrected chi connectivity index (χ2v) is 10.3. The van der Waals surface area contributed by atoms with E-state index in [1.807, 2.05) is 17.5 Å². The van der Waals surface area contributed by atoms with Crippen molar-refractivity contribution in [3.05, 3.63) is 33.5 Å². The van der Waals surface area contributed by atoms with Crippen molar-refractivity contribution in [2.45, 2.75) is 63.4 Å². The van der Waals surface area contributed by atoms with Gasteiger partial charge in [-0.3, -0.25) is 19.8 Å². The number of carbonyl (C=O) groups excluding carboxylic acids is 3. The van der Waals surface area contributed by atoms with Crippen LogP contribution in [0.5, 0.6) is 0 Å². The second-order valence-electron chi connectivity index (χ2n) is 8.40. The topological polar surface area (TPSA) is 121 Å². The average molecular weight is 493 g/mol. The molecule has 2 aliphatic rings. The lowest BCUT2D eigenvalue weighted by atomic mass is 9.84. The average Bonchev–Trinajstić information content (AvgIpc) is 3.55.